The molecule has 20 heavy (non-hydrogen) atoms. The summed E-state index contributed by atoms with van der Waals surface area (Å²) in [5.74, 6) is -0.599. The fraction of sp³-hybridized carbons (Fsp3) is 0.154. The number of pyridine rings is 1. The molecule has 0 aliphatic carbocycles. The second kappa shape index (κ2) is 5.62. The van der Waals surface area contributed by atoms with Gasteiger partial charge >= 0.3 is 0 Å². The highest BCUT2D eigenvalue weighted by Crippen LogP contribution is 2.18. The van der Waals surface area contributed by atoms with Crippen molar-refractivity contribution in [3.8, 4) is 0 Å². The van der Waals surface area contributed by atoms with Gasteiger partial charge in [-0.15, -0.1) is 0 Å². The van der Waals surface area contributed by atoms with Crippen molar-refractivity contribution in [3.05, 3.63) is 74.4 Å². The van der Waals surface area contributed by atoms with Crippen molar-refractivity contribution in [1.29, 1.82) is 0 Å². The van der Waals surface area contributed by atoms with Crippen LogP contribution in [0.5, 0.6) is 0 Å². The van der Waals surface area contributed by atoms with E-state index in [0.717, 1.165) is 22.9 Å². The molecule has 0 bridgehead atoms. The Kier molecular flexibility index (Phi) is 3.90. The summed E-state index contributed by atoms with van der Waals surface area (Å²) < 4.78 is 14.5. The zero-order chi connectivity index (χ0) is 14.7. The van der Waals surface area contributed by atoms with Gasteiger partial charge in [-0.2, -0.15) is 0 Å². The van der Waals surface area contributed by atoms with Crippen molar-refractivity contribution >= 4 is 5.69 Å². The molecule has 0 fully saturated rings. The summed E-state index contributed by atoms with van der Waals surface area (Å²) in [5, 5.41) is 20.6. The lowest BCUT2D eigenvalue weighted by Gasteiger charge is -2.13. The molecule has 0 aliphatic rings. The van der Waals surface area contributed by atoms with E-state index in [1.165, 1.54) is 18.2 Å². The monoisotopic (exact) mass is 278 g/mol. The Bertz CT molecular complexity index is 699. The predicted molar refractivity (Wildman–Crippen MR) is 68.7 cm³/mol. The van der Waals surface area contributed by atoms with Crippen LogP contribution in [0.3, 0.4) is 0 Å². The Labute approximate surface area is 112 Å². The van der Waals surface area contributed by atoms with Gasteiger partial charge in [0.15, 0.2) is 0 Å². The number of hydrogen-bond donors (Lipinski definition) is 1. The third-order valence-corrected chi connectivity index (χ3v) is 2.81. The van der Waals surface area contributed by atoms with Gasteiger partial charge in [-0.05, 0) is 6.07 Å². The molecule has 1 aromatic carbocycles. The summed E-state index contributed by atoms with van der Waals surface area (Å²) >= 11 is 0. The summed E-state index contributed by atoms with van der Waals surface area (Å²) in [4.78, 5) is 21.6. The Morgan fingerprint density at radius 2 is 2.00 bits per heavy atom. The molecule has 1 unspecified atom stereocenters. The molecule has 7 heteroatoms. The topological polar surface area (TPSA) is 85.4 Å². The number of aromatic nitrogens is 1. The lowest BCUT2D eigenvalue weighted by molar-refractivity contribution is -0.385. The van der Waals surface area contributed by atoms with Gasteiger partial charge in [0.25, 0.3) is 11.2 Å². The summed E-state index contributed by atoms with van der Waals surface area (Å²) in [6.45, 7) is -0.262. The molecule has 1 aromatic heterocycles. The molecule has 2 aromatic rings. The molecule has 0 saturated heterocycles. The van der Waals surface area contributed by atoms with Gasteiger partial charge < -0.3 is 9.67 Å². The Balaban J connectivity index is 2.30. The standard InChI is InChI=1S/C13H11FN2O4/c14-11-4-2-1-3-10(11)12(17)8-15-7-9(16(19)20)5-6-13(15)18/h1-7,12,17H,8H2. The lowest BCUT2D eigenvalue weighted by atomic mass is 10.1. The second-order valence-corrected chi connectivity index (χ2v) is 4.17. The van der Waals surface area contributed by atoms with Gasteiger partial charge in [-0.1, -0.05) is 18.2 Å². The van der Waals surface area contributed by atoms with E-state index < -0.39 is 22.4 Å². The molecule has 1 atom stereocenters. The smallest absolute Gasteiger partial charge is 0.285 e. The van der Waals surface area contributed by atoms with Crippen LogP contribution in [0.15, 0.2) is 47.4 Å². The van der Waals surface area contributed by atoms with Crippen LogP contribution in [-0.2, 0) is 6.54 Å². The molecule has 0 spiro atoms. The first-order chi connectivity index (χ1) is 9.49. The SMILES string of the molecule is O=c1ccc([N+](=O)[O-])cn1CC(O)c1ccccc1F. The quantitative estimate of drug-likeness (QED) is 0.680. The minimum Gasteiger partial charge on any atom is -0.386 e. The number of nitrogens with zero attached hydrogens (tertiary/aromatic N) is 2. The Morgan fingerprint density at radius 3 is 2.65 bits per heavy atom. The number of aliphatic hydroxyl groups is 1. The molecule has 0 aliphatic heterocycles. The molecule has 2 rings (SSSR count). The second-order valence-electron chi connectivity index (χ2n) is 4.17. The summed E-state index contributed by atoms with van der Waals surface area (Å²) in [5.41, 5.74) is -0.748. The first-order valence-corrected chi connectivity index (χ1v) is 5.76. The summed E-state index contributed by atoms with van der Waals surface area (Å²) in [6, 6.07) is 7.72. The molecule has 1 heterocycles. The number of hydrogen-bond acceptors (Lipinski definition) is 4. The van der Waals surface area contributed by atoms with Crippen LogP contribution in [0, 0.1) is 15.9 Å². The van der Waals surface area contributed by atoms with Crippen LogP contribution in [0.25, 0.3) is 0 Å². The van der Waals surface area contributed by atoms with E-state index in [4.69, 9.17) is 0 Å². The fourth-order valence-corrected chi connectivity index (χ4v) is 1.80. The van der Waals surface area contributed by atoms with Crippen molar-refractivity contribution < 1.29 is 14.4 Å². The van der Waals surface area contributed by atoms with Crippen LogP contribution in [0.1, 0.15) is 11.7 Å². The van der Waals surface area contributed by atoms with Crippen LogP contribution in [0.4, 0.5) is 10.1 Å². The molecule has 104 valence electrons. The number of rotatable bonds is 4. The molecular weight excluding hydrogens is 267 g/mol. The van der Waals surface area contributed by atoms with Gasteiger partial charge in [-0.25, -0.2) is 4.39 Å². The average Bonchev–Trinajstić information content (AvgIpc) is 2.41. The van der Waals surface area contributed by atoms with Crippen molar-refractivity contribution in [2.75, 3.05) is 0 Å². The van der Waals surface area contributed by atoms with Gasteiger partial charge in [0.05, 0.1) is 23.8 Å². The van der Waals surface area contributed by atoms with Gasteiger partial charge in [0, 0.05) is 17.7 Å². The molecule has 0 saturated carbocycles. The van der Waals surface area contributed by atoms with Crippen LogP contribution < -0.4 is 5.56 Å². The predicted octanol–water partition coefficient (Wildman–Crippen LogP) is 1.63. The molecular formula is C13H11FN2O4. The number of aliphatic hydroxyl groups excluding tert-OH is 1. The third-order valence-electron chi connectivity index (χ3n) is 2.81. The molecule has 0 amide bonds. The first kappa shape index (κ1) is 13.9. The average molecular weight is 278 g/mol. The highest BCUT2D eigenvalue weighted by Gasteiger charge is 2.15. The number of benzene rings is 1. The van der Waals surface area contributed by atoms with E-state index in [2.05, 4.69) is 0 Å². The van der Waals surface area contributed by atoms with E-state index in [1.54, 1.807) is 6.07 Å². The maximum absolute atomic E-state index is 13.5. The van der Waals surface area contributed by atoms with E-state index in [9.17, 15) is 24.4 Å². The normalized spacial score (nSPS) is 12.1. The van der Waals surface area contributed by atoms with Crippen molar-refractivity contribution in [3.63, 3.8) is 0 Å². The largest absolute Gasteiger partial charge is 0.386 e. The maximum atomic E-state index is 13.5. The van der Waals surface area contributed by atoms with Crippen molar-refractivity contribution in [1.82, 2.24) is 4.57 Å². The lowest BCUT2D eigenvalue weighted by Crippen LogP contribution is -2.22. The third kappa shape index (κ3) is 2.89. The van der Waals surface area contributed by atoms with Gasteiger partial charge in [0.1, 0.15) is 5.82 Å². The summed E-state index contributed by atoms with van der Waals surface area (Å²) in [6.07, 6.45) is -0.247. The van der Waals surface area contributed by atoms with Crippen LogP contribution in [0.2, 0.25) is 0 Å². The minimum absolute atomic E-state index is 0.0332. The van der Waals surface area contributed by atoms with E-state index in [1.807, 2.05) is 0 Å². The van der Waals surface area contributed by atoms with Gasteiger partial charge in [0.2, 0.25) is 0 Å². The van der Waals surface area contributed by atoms with Crippen molar-refractivity contribution in [2.24, 2.45) is 0 Å². The van der Waals surface area contributed by atoms with E-state index >= 15 is 0 Å². The molecule has 6 nitrogen and oxygen atoms in total. The van der Waals surface area contributed by atoms with E-state index in [0.29, 0.717) is 0 Å². The van der Waals surface area contributed by atoms with Crippen molar-refractivity contribution in [2.45, 2.75) is 12.6 Å². The minimum atomic E-state index is -1.27. The Hall–Kier alpha value is -2.54. The molecule has 0 radical (unpaired) electrons. The van der Waals surface area contributed by atoms with Gasteiger partial charge in [-0.3, -0.25) is 14.9 Å². The molecule has 1 N–H and O–H groups in total. The fourth-order valence-electron chi connectivity index (χ4n) is 1.80. The van der Waals surface area contributed by atoms with Crippen LogP contribution in [-0.4, -0.2) is 14.6 Å². The number of nitro groups is 1. The highest BCUT2D eigenvalue weighted by molar-refractivity contribution is 5.25. The van der Waals surface area contributed by atoms with E-state index in [-0.39, 0.29) is 17.8 Å². The zero-order valence-electron chi connectivity index (χ0n) is 10.3. The number of halogens is 1. The highest BCUT2D eigenvalue weighted by atomic mass is 19.1. The Morgan fingerprint density at radius 1 is 1.30 bits per heavy atom. The van der Waals surface area contributed by atoms with Crippen LogP contribution >= 0.6 is 0 Å². The summed E-state index contributed by atoms with van der Waals surface area (Å²) in [7, 11) is 0. The maximum Gasteiger partial charge on any atom is 0.285 e. The first-order valence-electron chi connectivity index (χ1n) is 5.76. The zero-order valence-corrected chi connectivity index (χ0v) is 10.3.